The largest absolute Gasteiger partial charge is 2.00 e. The van der Waals surface area contributed by atoms with Crippen molar-refractivity contribution >= 4 is 0 Å². The van der Waals surface area contributed by atoms with E-state index >= 15 is 0 Å². The van der Waals surface area contributed by atoms with Gasteiger partial charge in [0.1, 0.15) is 0 Å². The van der Waals surface area contributed by atoms with E-state index in [9.17, 15) is 0 Å². The first kappa shape index (κ1) is 20.0. The van der Waals surface area contributed by atoms with Gasteiger partial charge in [-0.2, -0.15) is 6.92 Å². The third-order valence-corrected chi connectivity index (χ3v) is 1.49. The summed E-state index contributed by atoms with van der Waals surface area (Å²) in [4.78, 5) is 0. The van der Waals surface area contributed by atoms with Gasteiger partial charge in [0.2, 0.25) is 0 Å². The average Bonchev–Trinajstić information content (AvgIpc) is 2.04. The second-order valence-electron chi connectivity index (χ2n) is 4.45. The smallest absolute Gasteiger partial charge is 0.655 e. The van der Waals surface area contributed by atoms with Crippen molar-refractivity contribution in [3.05, 3.63) is 12.2 Å². The molecule has 0 aromatic heterocycles. The van der Waals surface area contributed by atoms with Crippen molar-refractivity contribution < 1.29 is 24.2 Å². The van der Waals surface area contributed by atoms with E-state index in [0.29, 0.717) is 0 Å². The molecule has 0 aromatic carbocycles. The van der Waals surface area contributed by atoms with Crippen LogP contribution in [0.3, 0.4) is 0 Å². The molecule has 0 aliphatic carbocycles. The molecule has 3 heteroatoms. The van der Waals surface area contributed by atoms with Gasteiger partial charge in [-0.3, -0.25) is 0 Å². The van der Waals surface area contributed by atoms with Crippen LogP contribution in [0.15, 0.2) is 0 Å². The van der Waals surface area contributed by atoms with Crippen molar-refractivity contribution in [1.29, 1.82) is 0 Å². The third kappa shape index (κ3) is 15.0. The number of nitrogens with zero attached hydrogens (tertiary/aromatic N) is 1. The first-order valence-corrected chi connectivity index (χ1v) is 4.71. The van der Waals surface area contributed by atoms with Crippen LogP contribution in [0, 0.1) is 6.92 Å². The minimum absolute atomic E-state index is 0. The molecule has 0 radical (unpaired) electrons. The van der Waals surface area contributed by atoms with Crippen LogP contribution in [0.4, 0.5) is 0 Å². The van der Waals surface area contributed by atoms with E-state index in [1.807, 2.05) is 13.8 Å². The van der Waals surface area contributed by atoms with Gasteiger partial charge >= 0.3 is 19.5 Å². The fraction of sp³-hybridized carbons (Fsp3) is 0.909. The van der Waals surface area contributed by atoms with Crippen molar-refractivity contribution in [3.8, 4) is 0 Å². The van der Waals surface area contributed by atoms with Gasteiger partial charge in [-0.1, -0.05) is 20.8 Å². The zero-order valence-electron chi connectivity index (χ0n) is 11.0. The summed E-state index contributed by atoms with van der Waals surface area (Å²) >= 11 is 0. The van der Waals surface area contributed by atoms with E-state index in [-0.39, 0.29) is 30.6 Å². The normalized spacial score (nSPS) is 11.1. The molecule has 0 aliphatic heterocycles. The second kappa shape index (κ2) is 8.82. The molecular weight excluding hydrogens is 228 g/mol. The first-order valence-electron chi connectivity index (χ1n) is 4.71. The maximum atomic E-state index is 5.24. The van der Waals surface area contributed by atoms with Crippen molar-refractivity contribution in [2.75, 3.05) is 13.7 Å². The van der Waals surface area contributed by atoms with Gasteiger partial charge in [0.05, 0.1) is 0 Å². The van der Waals surface area contributed by atoms with Crippen LogP contribution in [-0.4, -0.2) is 24.8 Å². The molecule has 0 N–H and O–H groups in total. The summed E-state index contributed by atoms with van der Waals surface area (Å²) in [6, 6.07) is 0. The fourth-order valence-corrected chi connectivity index (χ4v) is 0.492. The Morgan fingerprint density at radius 3 is 1.64 bits per heavy atom. The van der Waals surface area contributed by atoms with E-state index in [0.717, 1.165) is 6.54 Å². The predicted molar refractivity (Wildman–Crippen MR) is 60.1 cm³/mol. The molecule has 0 atom stereocenters. The van der Waals surface area contributed by atoms with Gasteiger partial charge in [-0.25, -0.2) is 0 Å². The van der Waals surface area contributed by atoms with Crippen LogP contribution in [-0.2, 0) is 24.2 Å². The quantitative estimate of drug-likeness (QED) is 0.558. The minimum atomic E-state index is -0.118. The van der Waals surface area contributed by atoms with Gasteiger partial charge in [0.25, 0.3) is 0 Å². The number of rotatable bonds is 3. The van der Waals surface area contributed by atoms with Gasteiger partial charge in [-0.15, -0.1) is 12.1 Å². The number of hydrogen-bond acceptors (Lipinski definition) is 1. The maximum Gasteiger partial charge on any atom is 2.00 e. The summed E-state index contributed by atoms with van der Waals surface area (Å²) in [5.41, 5.74) is -0.0664. The standard InChI is InChI=1S/C9H20NO.C2H5.Zn/c1-8(2,3)10-7-9(4,5)11-6;1-2;/h7H2,1-6H3;1H2,2H3;/q2*-1;+2. The Morgan fingerprint density at radius 2 is 1.43 bits per heavy atom. The van der Waals surface area contributed by atoms with Crippen molar-refractivity contribution in [2.45, 2.75) is 52.7 Å². The predicted octanol–water partition coefficient (Wildman–Crippen LogP) is 3.42. The van der Waals surface area contributed by atoms with Crippen molar-refractivity contribution in [1.82, 2.24) is 0 Å². The second-order valence-corrected chi connectivity index (χ2v) is 4.45. The van der Waals surface area contributed by atoms with Crippen molar-refractivity contribution in [2.24, 2.45) is 0 Å². The summed E-state index contributed by atoms with van der Waals surface area (Å²) in [7, 11) is 1.72. The van der Waals surface area contributed by atoms with Gasteiger partial charge < -0.3 is 17.0 Å². The molecular formula is C11H25NOZn. The van der Waals surface area contributed by atoms with E-state index in [2.05, 4.69) is 33.0 Å². The van der Waals surface area contributed by atoms with Crippen LogP contribution >= 0.6 is 0 Å². The molecule has 0 aromatic rings. The SMILES string of the molecule is COC(C)(C)C[N-]C(C)(C)C.[CH2-]C.[Zn+2]. The molecule has 0 fully saturated rings. The molecule has 0 bridgehead atoms. The Morgan fingerprint density at radius 1 is 1.07 bits per heavy atom. The summed E-state index contributed by atoms with van der Waals surface area (Å²) in [5.74, 6) is 0. The Balaban J connectivity index is -0.000000376. The van der Waals surface area contributed by atoms with Gasteiger partial charge in [-0.05, 0) is 13.8 Å². The monoisotopic (exact) mass is 251 g/mol. The van der Waals surface area contributed by atoms with Crippen LogP contribution < -0.4 is 0 Å². The van der Waals surface area contributed by atoms with E-state index in [1.165, 1.54) is 0 Å². The summed E-state index contributed by atoms with van der Waals surface area (Å²) < 4.78 is 5.24. The van der Waals surface area contributed by atoms with E-state index in [4.69, 9.17) is 4.74 Å². The van der Waals surface area contributed by atoms with E-state index in [1.54, 1.807) is 14.0 Å². The Hall–Kier alpha value is 0.543. The third-order valence-electron chi connectivity index (χ3n) is 1.49. The molecule has 14 heavy (non-hydrogen) atoms. The van der Waals surface area contributed by atoms with Crippen molar-refractivity contribution in [3.63, 3.8) is 0 Å². The topological polar surface area (TPSA) is 23.3 Å². The maximum absolute atomic E-state index is 5.24. The van der Waals surface area contributed by atoms with Crippen LogP contribution in [0.2, 0.25) is 0 Å². The van der Waals surface area contributed by atoms with Gasteiger partial charge in [0, 0.05) is 12.7 Å². The fourth-order valence-electron chi connectivity index (χ4n) is 0.492. The Bertz CT molecular complexity index is 119. The minimum Gasteiger partial charge on any atom is -0.655 e. The summed E-state index contributed by atoms with van der Waals surface area (Å²) in [5, 5.41) is 4.47. The molecule has 0 spiro atoms. The molecule has 2 nitrogen and oxygen atoms in total. The Kier molecular flexibility index (Phi) is 12.6. The molecule has 0 amide bonds. The molecule has 0 rings (SSSR count). The molecule has 0 saturated carbocycles. The summed E-state index contributed by atoms with van der Waals surface area (Å²) in [6.45, 7) is 16.1. The first-order chi connectivity index (χ1) is 5.77. The molecule has 0 unspecified atom stereocenters. The van der Waals surface area contributed by atoms with Crippen LogP contribution in [0.5, 0.6) is 0 Å². The van der Waals surface area contributed by atoms with E-state index < -0.39 is 0 Å². The van der Waals surface area contributed by atoms with Crippen LogP contribution in [0.1, 0.15) is 41.5 Å². The van der Waals surface area contributed by atoms with Crippen LogP contribution in [0.25, 0.3) is 5.32 Å². The summed E-state index contributed by atoms with van der Waals surface area (Å²) in [6.07, 6.45) is 0. The zero-order valence-corrected chi connectivity index (χ0v) is 13.9. The number of ether oxygens (including phenoxy) is 1. The zero-order chi connectivity index (χ0) is 11.1. The number of methoxy groups -OCH3 is 1. The van der Waals surface area contributed by atoms with Gasteiger partial charge in [0.15, 0.2) is 0 Å². The molecule has 0 saturated heterocycles. The molecule has 82 valence electrons. The number of hydrogen-bond donors (Lipinski definition) is 0. The Labute approximate surface area is 103 Å². The molecule has 0 heterocycles. The average molecular weight is 253 g/mol. The molecule has 0 aliphatic rings.